The van der Waals surface area contributed by atoms with Gasteiger partial charge in [-0.3, -0.25) is 10.1 Å². The van der Waals surface area contributed by atoms with Crippen LogP contribution in [-0.2, 0) is 16.1 Å². The Morgan fingerprint density at radius 1 is 1.21 bits per heavy atom. The largest absolute Gasteiger partial charge is 0.465 e. The molecule has 0 aliphatic rings. The van der Waals surface area contributed by atoms with Crippen molar-refractivity contribution in [1.82, 2.24) is 5.32 Å². The van der Waals surface area contributed by atoms with Crippen molar-refractivity contribution in [3.05, 3.63) is 35.9 Å². The van der Waals surface area contributed by atoms with Crippen LogP contribution >= 0.6 is 0 Å². The van der Waals surface area contributed by atoms with Crippen LogP contribution in [0.2, 0.25) is 0 Å². The Morgan fingerprint density at radius 2 is 1.89 bits per heavy atom. The fraction of sp³-hybridized carbons (Fsp3) is 0.562. The predicted octanol–water partition coefficient (Wildman–Crippen LogP) is 3.29. The summed E-state index contributed by atoms with van der Waals surface area (Å²) in [5.41, 5.74) is 0.626. The minimum atomic E-state index is -0.555. The smallest absolute Gasteiger partial charge is 0.326 e. The second-order valence-corrected chi connectivity index (χ2v) is 4.75. The fourth-order valence-corrected chi connectivity index (χ4v) is 2.27. The molecule has 0 saturated heterocycles. The molecule has 0 aromatic heterocycles. The van der Waals surface area contributed by atoms with Crippen molar-refractivity contribution in [2.75, 3.05) is 6.61 Å². The number of carbonyl (C=O) groups excluding carboxylic acids is 1. The maximum atomic E-state index is 12.2. The minimum absolute atomic E-state index is 0.129. The molecule has 0 radical (unpaired) electrons. The molecule has 0 spiro atoms. The highest BCUT2D eigenvalue weighted by atomic mass is 16.5. The molecule has 19 heavy (non-hydrogen) atoms. The summed E-state index contributed by atoms with van der Waals surface area (Å²) in [5.74, 6) is -0.129. The summed E-state index contributed by atoms with van der Waals surface area (Å²) in [4.78, 5) is 12.2. The highest BCUT2D eigenvalue weighted by Crippen LogP contribution is 2.20. The lowest BCUT2D eigenvalue weighted by molar-refractivity contribution is -0.152. The van der Waals surface area contributed by atoms with E-state index in [1.54, 1.807) is 0 Å². The number of hydrogen-bond donors (Lipinski definition) is 1. The average molecular weight is 263 g/mol. The minimum Gasteiger partial charge on any atom is -0.465 e. The van der Waals surface area contributed by atoms with Crippen molar-refractivity contribution in [1.29, 1.82) is 0 Å². The first-order valence-electron chi connectivity index (χ1n) is 7.14. The van der Waals surface area contributed by atoms with Crippen LogP contribution in [-0.4, -0.2) is 18.1 Å². The van der Waals surface area contributed by atoms with Crippen molar-refractivity contribution in [3.8, 4) is 0 Å². The van der Waals surface area contributed by atoms with Gasteiger partial charge in [0.25, 0.3) is 0 Å². The van der Waals surface area contributed by atoms with Crippen LogP contribution in [0.15, 0.2) is 30.3 Å². The normalized spacial score (nSPS) is 13.8. The first-order valence-corrected chi connectivity index (χ1v) is 7.14. The lowest BCUT2D eigenvalue weighted by Crippen LogP contribution is -2.52. The molecule has 0 amide bonds. The topological polar surface area (TPSA) is 38.3 Å². The summed E-state index contributed by atoms with van der Waals surface area (Å²) in [6, 6.07) is 10.1. The maximum absolute atomic E-state index is 12.2. The van der Waals surface area contributed by atoms with Crippen LogP contribution in [0.5, 0.6) is 0 Å². The molecule has 1 aromatic rings. The number of rotatable bonds is 8. The summed E-state index contributed by atoms with van der Waals surface area (Å²) < 4.78 is 5.24. The van der Waals surface area contributed by atoms with Gasteiger partial charge in [-0.25, -0.2) is 0 Å². The first-order chi connectivity index (χ1) is 9.18. The van der Waals surface area contributed by atoms with E-state index < -0.39 is 5.54 Å². The van der Waals surface area contributed by atoms with E-state index in [4.69, 9.17) is 4.74 Å². The van der Waals surface area contributed by atoms with Gasteiger partial charge in [0, 0.05) is 6.54 Å². The predicted molar refractivity (Wildman–Crippen MR) is 77.8 cm³/mol. The number of esters is 1. The van der Waals surface area contributed by atoms with Crippen molar-refractivity contribution >= 4 is 5.97 Å². The fourth-order valence-electron chi connectivity index (χ4n) is 2.27. The molecule has 1 N–H and O–H groups in total. The van der Waals surface area contributed by atoms with Gasteiger partial charge < -0.3 is 4.74 Å². The Bertz CT molecular complexity index is 378. The Kier molecular flexibility index (Phi) is 6.57. The van der Waals surface area contributed by atoms with Gasteiger partial charge >= 0.3 is 5.97 Å². The summed E-state index contributed by atoms with van der Waals surface area (Å²) >= 11 is 0. The molecule has 1 unspecified atom stereocenters. The first kappa shape index (κ1) is 15.7. The molecule has 0 aliphatic heterocycles. The number of nitrogens with one attached hydrogen (secondary N) is 1. The molecule has 106 valence electrons. The molecular formula is C16H25NO2. The highest BCUT2D eigenvalue weighted by molar-refractivity contribution is 5.80. The molecule has 0 saturated carbocycles. The molecule has 0 bridgehead atoms. The quantitative estimate of drug-likeness (QED) is 0.731. The van der Waals surface area contributed by atoms with E-state index in [0.717, 1.165) is 19.3 Å². The second kappa shape index (κ2) is 7.95. The van der Waals surface area contributed by atoms with Crippen LogP contribution in [0.3, 0.4) is 0 Å². The molecule has 0 aliphatic carbocycles. The number of carbonyl (C=O) groups is 1. The van der Waals surface area contributed by atoms with Gasteiger partial charge in [0.15, 0.2) is 0 Å². The Morgan fingerprint density at radius 3 is 2.42 bits per heavy atom. The molecule has 1 atom stereocenters. The third kappa shape index (κ3) is 4.35. The van der Waals surface area contributed by atoms with Crippen LogP contribution in [0, 0.1) is 0 Å². The Balaban J connectivity index is 2.76. The van der Waals surface area contributed by atoms with Gasteiger partial charge in [-0.2, -0.15) is 0 Å². The van der Waals surface area contributed by atoms with Crippen LogP contribution in [0.1, 0.15) is 45.6 Å². The standard InChI is InChI=1S/C16H25NO2/c1-4-12-16(5-2,15(18)19-6-3)17-13-14-10-8-7-9-11-14/h7-11,17H,4-6,12-13H2,1-3H3. The van der Waals surface area contributed by atoms with E-state index in [0.29, 0.717) is 13.2 Å². The zero-order valence-corrected chi connectivity index (χ0v) is 12.2. The summed E-state index contributed by atoms with van der Waals surface area (Å²) in [5, 5.41) is 3.41. The molecule has 1 aromatic carbocycles. The van der Waals surface area contributed by atoms with E-state index >= 15 is 0 Å². The molecule has 1 rings (SSSR count). The van der Waals surface area contributed by atoms with E-state index in [1.807, 2.05) is 32.0 Å². The SMILES string of the molecule is CCCC(CC)(NCc1ccccc1)C(=O)OCC. The molecule has 0 fully saturated rings. The van der Waals surface area contributed by atoms with Gasteiger partial charge in [-0.05, 0) is 25.3 Å². The Labute approximate surface area is 116 Å². The number of hydrogen-bond acceptors (Lipinski definition) is 3. The van der Waals surface area contributed by atoms with Crippen molar-refractivity contribution in [3.63, 3.8) is 0 Å². The zero-order valence-electron chi connectivity index (χ0n) is 12.2. The molecular weight excluding hydrogens is 238 g/mol. The van der Waals surface area contributed by atoms with Gasteiger partial charge in [-0.1, -0.05) is 50.6 Å². The van der Waals surface area contributed by atoms with Crippen molar-refractivity contribution < 1.29 is 9.53 Å². The molecule has 3 heteroatoms. The lowest BCUT2D eigenvalue weighted by atomic mass is 9.90. The van der Waals surface area contributed by atoms with Crippen LogP contribution in [0.25, 0.3) is 0 Å². The highest BCUT2D eigenvalue weighted by Gasteiger charge is 2.36. The zero-order chi connectivity index (χ0) is 14.1. The third-order valence-corrected chi connectivity index (χ3v) is 3.42. The maximum Gasteiger partial charge on any atom is 0.326 e. The van der Waals surface area contributed by atoms with Gasteiger partial charge in [-0.15, -0.1) is 0 Å². The molecule has 3 nitrogen and oxygen atoms in total. The van der Waals surface area contributed by atoms with Crippen molar-refractivity contribution in [2.24, 2.45) is 0 Å². The summed E-state index contributed by atoms with van der Waals surface area (Å²) in [6.45, 7) is 7.09. The third-order valence-electron chi connectivity index (χ3n) is 3.42. The van der Waals surface area contributed by atoms with Gasteiger partial charge in [0.2, 0.25) is 0 Å². The Hall–Kier alpha value is -1.35. The van der Waals surface area contributed by atoms with Crippen molar-refractivity contribution in [2.45, 2.75) is 52.1 Å². The summed E-state index contributed by atoms with van der Waals surface area (Å²) in [6.07, 6.45) is 2.50. The number of ether oxygens (including phenoxy) is 1. The average Bonchev–Trinajstić information content (AvgIpc) is 2.45. The van der Waals surface area contributed by atoms with E-state index in [-0.39, 0.29) is 5.97 Å². The van der Waals surface area contributed by atoms with E-state index in [1.165, 1.54) is 5.56 Å². The van der Waals surface area contributed by atoms with E-state index in [9.17, 15) is 4.79 Å². The molecule has 0 heterocycles. The van der Waals surface area contributed by atoms with Gasteiger partial charge in [0.05, 0.1) is 6.61 Å². The van der Waals surface area contributed by atoms with Gasteiger partial charge in [0.1, 0.15) is 5.54 Å². The summed E-state index contributed by atoms with van der Waals surface area (Å²) in [7, 11) is 0. The van der Waals surface area contributed by atoms with Crippen LogP contribution < -0.4 is 5.32 Å². The van der Waals surface area contributed by atoms with E-state index in [2.05, 4.69) is 24.4 Å². The lowest BCUT2D eigenvalue weighted by Gasteiger charge is -2.31. The number of benzene rings is 1. The second-order valence-electron chi connectivity index (χ2n) is 4.75. The van der Waals surface area contributed by atoms with Crippen LogP contribution in [0.4, 0.5) is 0 Å². The monoisotopic (exact) mass is 263 g/mol.